The van der Waals surface area contributed by atoms with Gasteiger partial charge in [0.1, 0.15) is 0 Å². The zero-order valence-electron chi connectivity index (χ0n) is 12.1. The normalized spacial score (nSPS) is 23.2. The molecule has 1 amide bonds. The largest absolute Gasteiger partial charge is 0.337 e. The molecular weight excluding hydrogens is 236 g/mol. The highest BCUT2D eigenvalue weighted by Gasteiger charge is 2.34. The quantitative estimate of drug-likeness (QED) is 0.905. The second-order valence-corrected chi connectivity index (χ2v) is 6.20. The van der Waals surface area contributed by atoms with Crippen molar-refractivity contribution in [3.05, 3.63) is 35.9 Å². The topological polar surface area (TPSA) is 32.3 Å². The summed E-state index contributed by atoms with van der Waals surface area (Å²) >= 11 is 0. The molecule has 19 heavy (non-hydrogen) atoms. The highest BCUT2D eigenvalue weighted by atomic mass is 16.2. The molecule has 1 atom stereocenters. The Morgan fingerprint density at radius 3 is 2.63 bits per heavy atom. The lowest BCUT2D eigenvalue weighted by molar-refractivity contribution is -0.133. The molecule has 1 fully saturated rings. The van der Waals surface area contributed by atoms with Crippen molar-refractivity contribution in [2.45, 2.75) is 39.3 Å². The van der Waals surface area contributed by atoms with Crippen LogP contribution < -0.4 is 5.32 Å². The van der Waals surface area contributed by atoms with Crippen LogP contribution in [-0.4, -0.2) is 30.4 Å². The monoisotopic (exact) mass is 260 g/mol. The molecule has 1 aromatic rings. The van der Waals surface area contributed by atoms with Gasteiger partial charge in [0.2, 0.25) is 5.91 Å². The molecule has 0 aromatic heterocycles. The first-order chi connectivity index (χ1) is 9.02. The van der Waals surface area contributed by atoms with Crippen molar-refractivity contribution in [1.82, 2.24) is 10.2 Å². The molecule has 3 nitrogen and oxygen atoms in total. The summed E-state index contributed by atoms with van der Waals surface area (Å²) in [6, 6.07) is 10.2. The first-order valence-corrected chi connectivity index (χ1v) is 7.02. The SMILES string of the molecule is CNC1CC(C)(C)CCN(Cc2ccccc2)C1=O. The van der Waals surface area contributed by atoms with Gasteiger partial charge in [-0.05, 0) is 30.9 Å². The Hall–Kier alpha value is -1.35. The van der Waals surface area contributed by atoms with Gasteiger partial charge in [0.15, 0.2) is 0 Å². The number of hydrogen-bond donors (Lipinski definition) is 1. The second-order valence-electron chi connectivity index (χ2n) is 6.20. The molecule has 0 bridgehead atoms. The molecule has 1 aliphatic rings. The van der Waals surface area contributed by atoms with Crippen LogP contribution in [0.1, 0.15) is 32.3 Å². The number of likely N-dealkylation sites (tertiary alicyclic amines) is 1. The van der Waals surface area contributed by atoms with Crippen LogP contribution in [0.2, 0.25) is 0 Å². The van der Waals surface area contributed by atoms with Gasteiger partial charge < -0.3 is 10.2 Å². The van der Waals surface area contributed by atoms with E-state index in [2.05, 4.69) is 31.3 Å². The molecule has 3 heteroatoms. The molecule has 0 aliphatic carbocycles. The highest BCUT2D eigenvalue weighted by Crippen LogP contribution is 2.31. The van der Waals surface area contributed by atoms with Gasteiger partial charge in [-0.1, -0.05) is 44.2 Å². The third kappa shape index (κ3) is 3.57. The first kappa shape index (κ1) is 14.1. The summed E-state index contributed by atoms with van der Waals surface area (Å²) in [5.74, 6) is 0.233. The van der Waals surface area contributed by atoms with Crippen LogP contribution in [0.25, 0.3) is 0 Å². The van der Waals surface area contributed by atoms with Gasteiger partial charge >= 0.3 is 0 Å². The van der Waals surface area contributed by atoms with Crippen LogP contribution in [0.5, 0.6) is 0 Å². The molecule has 0 radical (unpaired) electrons. The van der Waals surface area contributed by atoms with Crippen molar-refractivity contribution in [2.75, 3.05) is 13.6 Å². The smallest absolute Gasteiger partial charge is 0.240 e. The fraction of sp³-hybridized carbons (Fsp3) is 0.562. The van der Waals surface area contributed by atoms with E-state index in [0.29, 0.717) is 6.54 Å². The van der Waals surface area contributed by atoms with Crippen LogP contribution in [0, 0.1) is 5.41 Å². The second kappa shape index (κ2) is 5.74. The number of carbonyl (C=O) groups is 1. The third-order valence-electron chi connectivity index (χ3n) is 3.99. The number of nitrogens with one attached hydrogen (secondary N) is 1. The van der Waals surface area contributed by atoms with Gasteiger partial charge in [0, 0.05) is 13.1 Å². The Morgan fingerprint density at radius 1 is 1.32 bits per heavy atom. The van der Waals surface area contributed by atoms with Gasteiger partial charge in [-0.2, -0.15) is 0 Å². The van der Waals surface area contributed by atoms with E-state index in [0.717, 1.165) is 19.4 Å². The number of hydrogen-bond acceptors (Lipinski definition) is 2. The van der Waals surface area contributed by atoms with E-state index in [1.54, 1.807) is 0 Å². The van der Waals surface area contributed by atoms with E-state index in [1.165, 1.54) is 5.56 Å². The van der Waals surface area contributed by atoms with Crippen LogP contribution in [-0.2, 0) is 11.3 Å². The Balaban J connectivity index is 2.13. The van der Waals surface area contributed by atoms with Crippen molar-refractivity contribution >= 4 is 5.91 Å². The molecule has 1 saturated heterocycles. The number of likely N-dealkylation sites (N-methyl/N-ethyl adjacent to an activating group) is 1. The third-order valence-corrected chi connectivity index (χ3v) is 3.99. The maximum absolute atomic E-state index is 12.5. The van der Waals surface area contributed by atoms with Gasteiger partial charge in [-0.3, -0.25) is 4.79 Å². The Kier molecular flexibility index (Phi) is 4.25. The molecule has 104 valence electrons. The first-order valence-electron chi connectivity index (χ1n) is 7.02. The Labute approximate surface area is 116 Å². The summed E-state index contributed by atoms with van der Waals surface area (Å²) in [6.45, 7) is 6.06. The van der Waals surface area contributed by atoms with E-state index in [9.17, 15) is 4.79 Å². The maximum Gasteiger partial charge on any atom is 0.240 e. The van der Waals surface area contributed by atoms with Crippen LogP contribution in [0.15, 0.2) is 30.3 Å². The summed E-state index contributed by atoms with van der Waals surface area (Å²) < 4.78 is 0. The van der Waals surface area contributed by atoms with Gasteiger partial charge in [0.25, 0.3) is 0 Å². The average Bonchev–Trinajstić information content (AvgIpc) is 2.51. The van der Waals surface area contributed by atoms with Crippen molar-refractivity contribution in [3.63, 3.8) is 0 Å². The fourth-order valence-corrected chi connectivity index (χ4v) is 2.70. The van der Waals surface area contributed by atoms with Gasteiger partial charge in [-0.25, -0.2) is 0 Å². The zero-order chi connectivity index (χ0) is 13.9. The number of carbonyl (C=O) groups excluding carboxylic acids is 1. The summed E-state index contributed by atoms with van der Waals surface area (Å²) in [5.41, 5.74) is 1.42. The van der Waals surface area contributed by atoms with E-state index in [4.69, 9.17) is 0 Å². The minimum Gasteiger partial charge on any atom is -0.337 e. The number of nitrogens with zero attached hydrogens (tertiary/aromatic N) is 1. The lowest BCUT2D eigenvalue weighted by Crippen LogP contribution is -2.44. The molecule has 1 N–H and O–H groups in total. The van der Waals surface area contributed by atoms with Gasteiger partial charge in [0.05, 0.1) is 6.04 Å². The molecule has 1 aromatic carbocycles. The van der Waals surface area contributed by atoms with Crippen molar-refractivity contribution in [3.8, 4) is 0 Å². The number of amides is 1. The highest BCUT2D eigenvalue weighted by molar-refractivity contribution is 5.82. The lowest BCUT2D eigenvalue weighted by atomic mass is 9.83. The predicted molar refractivity (Wildman–Crippen MR) is 77.7 cm³/mol. The molecule has 1 unspecified atom stereocenters. The summed E-state index contributed by atoms with van der Waals surface area (Å²) in [6.07, 6.45) is 1.97. The predicted octanol–water partition coefficient (Wildman–Crippen LogP) is 2.42. The Morgan fingerprint density at radius 2 is 2.00 bits per heavy atom. The summed E-state index contributed by atoms with van der Waals surface area (Å²) in [5, 5.41) is 3.17. The van der Waals surface area contributed by atoms with Gasteiger partial charge in [-0.15, -0.1) is 0 Å². The lowest BCUT2D eigenvalue weighted by Gasteiger charge is -2.24. The van der Waals surface area contributed by atoms with Crippen LogP contribution in [0.3, 0.4) is 0 Å². The minimum atomic E-state index is -0.0544. The summed E-state index contributed by atoms with van der Waals surface area (Å²) in [4.78, 5) is 14.5. The van der Waals surface area contributed by atoms with Crippen molar-refractivity contribution < 1.29 is 4.79 Å². The summed E-state index contributed by atoms with van der Waals surface area (Å²) in [7, 11) is 1.88. The fourth-order valence-electron chi connectivity index (χ4n) is 2.70. The maximum atomic E-state index is 12.5. The molecule has 2 rings (SSSR count). The minimum absolute atomic E-state index is 0.0544. The standard InChI is InChI=1S/C16H24N2O/c1-16(2)9-10-18(15(19)14(11-16)17-3)12-13-7-5-4-6-8-13/h4-8,14,17H,9-12H2,1-3H3. The zero-order valence-corrected chi connectivity index (χ0v) is 12.1. The van der Waals surface area contributed by atoms with Crippen molar-refractivity contribution in [2.24, 2.45) is 5.41 Å². The van der Waals surface area contributed by atoms with E-state index < -0.39 is 0 Å². The van der Waals surface area contributed by atoms with Crippen LogP contribution >= 0.6 is 0 Å². The number of benzene rings is 1. The molecule has 0 spiro atoms. The molecule has 1 heterocycles. The number of rotatable bonds is 3. The van der Waals surface area contributed by atoms with E-state index in [1.807, 2.05) is 30.1 Å². The van der Waals surface area contributed by atoms with E-state index in [-0.39, 0.29) is 17.4 Å². The molecule has 1 aliphatic heterocycles. The van der Waals surface area contributed by atoms with Crippen molar-refractivity contribution in [1.29, 1.82) is 0 Å². The van der Waals surface area contributed by atoms with E-state index >= 15 is 0 Å². The molecular formula is C16H24N2O. The molecule has 0 saturated carbocycles. The Bertz CT molecular complexity index is 428. The van der Waals surface area contributed by atoms with Crippen LogP contribution in [0.4, 0.5) is 0 Å². The average molecular weight is 260 g/mol.